The average molecular weight is 352 g/mol. The predicted molar refractivity (Wildman–Crippen MR) is 90.3 cm³/mol. The van der Waals surface area contributed by atoms with Gasteiger partial charge >= 0.3 is 5.97 Å². The Morgan fingerprint density at radius 3 is 2.21 bits per heavy atom. The van der Waals surface area contributed by atoms with E-state index in [1.165, 1.54) is 12.1 Å². The lowest BCUT2D eigenvalue weighted by atomic mass is 9.83. The lowest BCUT2D eigenvalue weighted by Crippen LogP contribution is -2.27. The van der Waals surface area contributed by atoms with E-state index in [1.54, 1.807) is 19.1 Å². The van der Waals surface area contributed by atoms with Gasteiger partial charge in [0.1, 0.15) is 0 Å². The number of carbonyl (C=O) groups is 2. The Morgan fingerprint density at radius 1 is 1.12 bits per heavy atom. The summed E-state index contributed by atoms with van der Waals surface area (Å²) in [6, 6.07) is 6.02. The molecule has 0 N–H and O–H groups in total. The SMILES string of the molecule is CCC(=O)OC(C(=O)C1CCCCC1)c1ccc(S(C)(=O)=O)cc1. The number of sulfone groups is 1. The first-order valence-electron chi connectivity index (χ1n) is 8.36. The number of Topliss-reactive ketones (excluding diaryl/α,β-unsaturated/α-hetero) is 1. The number of carbonyl (C=O) groups excluding carboxylic acids is 2. The molecule has 2 rings (SSSR count). The number of ether oxygens (including phenoxy) is 1. The zero-order chi connectivity index (χ0) is 17.7. The zero-order valence-corrected chi connectivity index (χ0v) is 15.0. The summed E-state index contributed by atoms with van der Waals surface area (Å²) < 4.78 is 28.5. The molecule has 1 aliphatic carbocycles. The highest BCUT2D eigenvalue weighted by Crippen LogP contribution is 2.31. The van der Waals surface area contributed by atoms with Crippen molar-refractivity contribution in [2.45, 2.75) is 56.4 Å². The van der Waals surface area contributed by atoms with Crippen molar-refractivity contribution in [1.29, 1.82) is 0 Å². The Morgan fingerprint density at radius 2 is 1.71 bits per heavy atom. The molecule has 24 heavy (non-hydrogen) atoms. The number of ketones is 1. The van der Waals surface area contributed by atoms with Crippen LogP contribution in [-0.4, -0.2) is 26.4 Å². The molecule has 0 saturated heterocycles. The highest BCUT2D eigenvalue weighted by Gasteiger charge is 2.32. The molecule has 0 bridgehead atoms. The van der Waals surface area contributed by atoms with Crippen molar-refractivity contribution in [2.75, 3.05) is 6.26 Å². The van der Waals surface area contributed by atoms with Gasteiger partial charge in [-0.15, -0.1) is 0 Å². The van der Waals surface area contributed by atoms with Gasteiger partial charge in [-0.25, -0.2) is 8.42 Å². The summed E-state index contributed by atoms with van der Waals surface area (Å²) >= 11 is 0. The number of hydrogen-bond donors (Lipinski definition) is 0. The van der Waals surface area contributed by atoms with Crippen molar-refractivity contribution in [3.8, 4) is 0 Å². The lowest BCUT2D eigenvalue weighted by Gasteiger charge is -2.25. The van der Waals surface area contributed by atoms with E-state index < -0.39 is 21.9 Å². The number of hydrogen-bond acceptors (Lipinski definition) is 5. The first kappa shape index (κ1) is 18.6. The van der Waals surface area contributed by atoms with Crippen LogP contribution in [-0.2, 0) is 24.2 Å². The Bertz CT molecular complexity index is 685. The quantitative estimate of drug-likeness (QED) is 0.735. The molecule has 1 aromatic carbocycles. The minimum absolute atomic E-state index is 0.0800. The molecule has 1 aromatic rings. The molecule has 5 nitrogen and oxygen atoms in total. The molecule has 1 unspecified atom stereocenters. The van der Waals surface area contributed by atoms with E-state index in [4.69, 9.17) is 4.74 Å². The van der Waals surface area contributed by atoms with Gasteiger partial charge in [-0.3, -0.25) is 9.59 Å². The number of rotatable bonds is 6. The molecule has 0 radical (unpaired) electrons. The van der Waals surface area contributed by atoms with Gasteiger partial charge in [0.25, 0.3) is 0 Å². The van der Waals surface area contributed by atoms with Crippen LogP contribution >= 0.6 is 0 Å². The summed E-state index contributed by atoms with van der Waals surface area (Å²) in [6.45, 7) is 1.68. The van der Waals surface area contributed by atoms with Gasteiger partial charge in [0, 0.05) is 24.2 Å². The van der Waals surface area contributed by atoms with E-state index in [0.717, 1.165) is 38.4 Å². The first-order chi connectivity index (χ1) is 11.3. The molecule has 6 heteroatoms. The fourth-order valence-corrected chi connectivity index (χ4v) is 3.63. The van der Waals surface area contributed by atoms with Crippen molar-refractivity contribution in [1.82, 2.24) is 0 Å². The molecule has 1 saturated carbocycles. The third-order valence-electron chi connectivity index (χ3n) is 4.41. The molecule has 0 heterocycles. The number of esters is 1. The van der Waals surface area contributed by atoms with Crippen molar-refractivity contribution >= 4 is 21.6 Å². The predicted octanol–water partition coefficient (Wildman–Crippen LogP) is 3.23. The zero-order valence-electron chi connectivity index (χ0n) is 14.2. The lowest BCUT2D eigenvalue weighted by molar-refractivity contribution is -0.157. The monoisotopic (exact) mass is 352 g/mol. The maximum absolute atomic E-state index is 12.8. The second-order valence-electron chi connectivity index (χ2n) is 6.30. The Hall–Kier alpha value is -1.69. The topological polar surface area (TPSA) is 77.5 Å². The standard InChI is InChI=1S/C18H24O5S/c1-3-16(19)23-18(17(20)13-7-5-4-6-8-13)14-9-11-15(12-10-14)24(2,21)22/h9-13,18H,3-8H2,1-2H3. The minimum Gasteiger partial charge on any atom is -0.449 e. The molecular weight excluding hydrogens is 328 g/mol. The van der Waals surface area contributed by atoms with Gasteiger partial charge in [0.05, 0.1) is 4.90 Å². The largest absolute Gasteiger partial charge is 0.449 e. The first-order valence-corrected chi connectivity index (χ1v) is 10.2. The summed E-state index contributed by atoms with van der Waals surface area (Å²) in [6.07, 6.45) is 5.16. The van der Waals surface area contributed by atoms with Crippen LogP contribution < -0.4 is 0 Å². The fourth-order valence-electron chi connectivity index (χ4n) is 3.00. The third kappa shape index (κ3) is 4.66. The van der Waals surface area contributed by atoms with Crippen molar-refractivity contribution < 1.29 is 22.7 Å². The molecule has 1 fully saturated rings. The van der Waals surface area contributed by atoms with Gasteiger partial charge in [0.2, 0.25) is 0 Å². The normalized spacial score (nSPS) is 17.2. The Kier molecular flexibility index (Phi) is 6.15. The van der Waals surface area contributed by atoms with Crippen LogP contribution in [0.3, 0.4) is 0 Å². The van der Waals surface area contributed by atoms with Crippen LogP contribution in [0, 0.1) is 5.92 Å². The average Bonchev–Trinajstić information content (AvgIpc) is 2.59. The molecule has 0 spiro atoms. The van der Waals surface area contributed by atoms with E-state index >= 15 is 0 Å². The van der Waals surface area contributed by atoms with Gasteiger partial charge < -0.3 is 4.74 Å². The molecule has 0 aromatic heterocycles. The number of benzene rings is 1. The van der Waals surface area contributed by atoms with E-state index in [2.05, 4.69) is 0 Å². The molecular formula is C18H24O5S. The van der Waals surface area contributed by atoms with Crippen LogP contribution in [0.1, 0.15) is 57.1 Å². The van der Waals surface area contributed by atoms with Crippen LogP contribution in [0.15, 0.2) is 29.2 Å². The summed E-state index contributed by atoms with van der Waals surface area (Å²) in [7, 11) is -3.31. The van der Waals surface area contributed by atoms with Gasteiger partial charge in [-0.2, -0.15) is 0 Å². The van der Waals surface area contributed by atoms with E-state index in [0.29, 0.717) is 5.56 Å². The summed E-state index contributed by atoms with van der Waals surface area (Å²) in [4.78, 5) is 24.8. The third-order valence-corrected chi connectivity index (χ3v) is 5.54. The highest BCUT2D eigenvalue weighted by molar-refractivity contribution is 7.90. The Labute approximate surface area is 143 Å². The molecule has 0 amide bonds. The fraction of sp³-hybridized carbons (Fsp3) is 0.556. The van der Waals surface area contributed by atoms with Crippen molar-refractivity contribution in [3.05, 3.63) is 29.8 Å². The second kappa shape index (κ2) is 7.92. The van der Waals surface area contributed by atoms with Gasteiger partial charge in [-0.1, -0.05) is 38.3 Å². The van der Waals surface area contributed by atoms with E-state index in [1.807, 2.05) is 0 Å². The summed E-state index contributed by atoms with van der Waals surface area (Å²) in [5.74, 6) is -0.608. The molecule has 1 aliphatic rings. The summed E-state index contributed by atoms with van der Waals surface area (Å²) in [5, 5.41) is 0. The van der Waals surface area contributed by atoms with Crippen LogP contribution in [0.5, 0.6) is 0 Å². The Balaban J connectivity index is 2.27. The molecule has 0 aliphatic heterocycles. The van der Waals surface area contributed by atoms with Crippen molar-refractivity contribution in [3.63, 3.8) is 0 Å². The molecule has 1 atom stereocenters. The maximum atomic E-state index is 12.8. The van der Waals surface area contributed by atoms with E-state index in [9.17, 15) is 18.0 Å². The minimum atomic E-state index is -3.31. The van der Waals surface area contributed by atoms with Gasteiger partial charge in [0.15, 0.2) is 21.7 Å². The van der Waals surface area contributed by atoms with Crippen LogP contribution in [0.25, 0.3) is 0 Å². The van der Waals surface area contributed by atoms with E-state index in [-0.39, 0.29) is 23.0 Å². The van der Waals surface area contributed by atoms with Crippen LogP contribution in [0.2, 0.25) is 0 Å². The van der Waals surface area contributed by atoms with Crippen molar-refractivity contribution in [2.24, 2.45) is 5.92 Å². The van der Waals surface area contributed by atoms with Gasteiger partial charge in [-0.05, 0) is 25.0 Å². The van der Waals surface area contributed by atoms with Crippen LogP contribution in [0.4, 0.5) is 0 Å². The smallest absolute Gasteiger partial charge is 0.306 e. The highest BCUT2D eigenvalue weighted by atomic mass is 32.2. The second-order valence-corrected chi connectivity index (χ2v) is 8.32. The summed E-state index contributed by atoms with van der Waals surface area (Å²) in [5.41, 5.74) is 0.528. The maximum Gasteiger partial charge on any atom is 0.306 e. The molecule has 132 valence electrons.